The molecule has 1 saturated carbocycles. The van der Waals surface area contributed by atoms with Gasteiger partial charge in [0.25, 0.3) is 0 Å². The number of fused-ring (bicyclic) bond motifs is 1. The number of hydrogen-bond acceptors (Lipinski definition) is 7. The molecule has 3 amide bonds. The minimum Gasteiger partial charge on any atom is -0.465 e. The number of nitrogens with zero attached hydrogens (tertiary/aromatic N) is 1. The zero-order valence-electron chi connectivity index (χ0n) is 24.3. The zero-order chi connectivity index (χ0) is 29.8. The van der Waals surface area contributed by atoms with Gasteiger partial charge in [0.2, 0.25) is 11.8 Å². The smallest absolute Gasteiger partial charge is 0.405 e. The molecule has 230 valence electrons. The molecule has 1 aliphatic carbocycles. The third-order valence-corrected chi connectivity index (χ3v) is 10.2. The average Bonchev–Trinajstić information content (AvgIpc) is 3.17. The molecule has 0 aromatic heterocycles. The van der Waals surface area contributed by atoms with E-state index in [1.807, 2.05) is 18.2 Å². The zero-order valence-corrected chi connectivity index (χ0v) is 25.2. The second-order valence-electron chi connectivity index (χ2n) is 10.9. The number of rotatable bonds is 14. The van der Waals surface area contributed by atoms with E-state index >= 15 is 0 Å². The van der Waals surface area contributed by atoms with Gasteiger partial charge in [-0.05, 0) is 56.6 Å². The van der Waals surface area contributed by atoms with Crippen LogP contribution in [0.3, 0.4) is 0 Å². The summed E-state index contributed by atoms with van der Waals surface area (Å²) in [4.78, 5) is 40.1. The number of benzene rings is 1. The Labute approximate surface area is 242 Å². The predicted octanol–water partition coefficient (Wildman–Crippen LogP) is 4.42. The number of hydrogen-bond donors (Lipinski definition) is 4. The van der Waals surface area contributed by atoms with Crippen molar-refractivity contribution in [3.05, 3.63) is 35.4 Å². The fourth-order valence-electron chi connectivity index (χ4n) is 5.84. The Balaban J connectivity index is 1.76. The standard InChI is InChI=1S/C29H46N3O8P/c1-3-39-41(38,40-4-2)28(35)24(30-27(34)25(31-29(36)37)19-21-11-6-5-7-12-21)16-17-26(33)32-18-10-15-22-13-8-9-14-23(22)20-32/h8-9,13-14,21,24-25,28,31,35H,3-7,10-12,15-20H2,1-2H3,(H,30,34)(H,36,37). The molecule has 12 heteroatoms. The number of carboxylic acid groups (broad SMARTS) is 1. The Morgan fingerprint density at radius 1 is 1.02 bits per heavy atom. The van der Waals surface area contributed by atoms with Crippen molar-refractivity contribution in [3.8, 4) is 0 Å². The lowest BCUT2D eigenvalue weighted by atomic mass is 9.84. The summed E-state index contributed by atoms with van der Waals surface area (Å²) < 4.78 is 24.2. The highest BCUT2D eigenvalue weighted by molar-refractivity contribution is 7.54. The molecule has 0 radical (unpaired) electrons. The fourth-order valence-corrected chi connectivity index (χ4v) is 7.60. The van der Waals surface area contributed by atoms with E-state index in [0.717, 1.165) is 50.5 Å². The van der Waals surface area contributed by atoms with Crippen LogP contribution < -0.4 is 10.6 Å². The lowest BCUT2D eigenvalue weighted by Crippen LogP contribution is -2.53. The summed E-state index contributed by atoms with van der Waals surface area (Å²) in [5.41, 5.74) is 2.30. The van der Waals surface area contributed by atoms with Crippen LogP contribution in [-0.2, 0) is 36.2 Å². The van der Waals surface area contributed by atoms with Crippen LogP contribution in [0.1, 0.15) is 82.8 Å². The van der Waals surface area contributed by atoms with Crippen molar-refractivity contribution < 1.29 is 38.2 Å². The normalized spacial score (nSPS) is 18.5. The second kappa shape index (κ2) is 16.2. The van der Waals surface area contributed by atoms with Crippen LogP contribution in [0.4, 0.5) is 4.79 Å². The van der Waals surface area contributed by atoms with E-state index in [9.17, 15) is 29.2 Å². The van der Waals surface area contributed by atoms with E-state index in [2.05, 4.69) is 16.7 Å². The highest BCUT2D eigenvalue weighted by atomic mass is 31.2. The van der Waals surface area contributed by atoms with Gasteiger partial charge in [-0.15, -0.1) is 0 Å². The van der Waals surface area contributed by atoms with Crippen LogP contribution in [0, 0.1) is 5.92 Å². The number of aryl methyl sites for hydroxylation is 1. The van der Waals surface area contributed by atoms with Gasteiger partial charge in [0.05, 0.1) is 19.3 Å². The van der Waals surface area contributed by atoms with Crippen LogP contribution in [0.5, 0.6) is 0 Å². The molecule has 3 rings (SSSR count). The third-order valence-electron chi connectivity index (χ3n) is 7.91. The quantitative estimate of drug-likeness (QED) is 0.231. The van der Waals surface area contributed by atoms with Crippen molar-refractivity contribution in [1.29, 1.82) is 0 Å². The molecule has 0 bridgehead atoms. The minimum absolute atomic E-state index is 0.00595. The topological polar surface area (TPSA) is 154 Å². The van der Waals surface area contributed by atoms with Gasteiger partial charge in [-0.25, -0.2) is 4.79 Å². The van der Waals surface area contributed by atoms with Crippen molar-refractivity contribution in [2.24, 2.45) is 5.92 Å². The van der Waals surface area contributed by atoms with Crippen molar-refractivity contribution in [2.45, 2.75) is 103 Å². The van der Waals surface area contributed by atoms with Crippen LogP contribution >= 0.6 is 7.60 Å². The van der Waals surface area contributed by atoms with Crippen molar-refractivity contribution >= 4 is 25.5 Å². The lowest BCUT2D eigenvalue weighted by molar-refractivity contribution is -0.132. The molecule has 1 fully saturated rings. The minimum atomic E-state index is -4.08. The summed E-state index contributed by atoms with van der Waals surface area (Å²) in [6.07, 6.45) is 5.63. The molecule has 0 saturated heterocycles. The Bertz CT molecular complexity index is 1050. The van der Waals surface area contributed by atoms with E-state index in [1.165, 1.54) is 5.56 Å². The summed E-state index contributed by atoms with van der Waals surface area (Å²) in [6.45, 7) is 4.29. The van der Waals surface area contributed by atoms with Gasteiger partial charge in [-0.3, -0.25) is 14.2 Å². The summed E-state index contributed by atoms with van der Waals surface area (Å²) in [5, 5.41) is 25.7. The monoisotopic (exact) mass is 595 g/mol. The van der Waals surface area contributed by atoms with Gasteiger partial charge < -0.3 is 34.8 Å². The van der Waals surface area contributed by atoms with Gasteiger partial charge in [0.15, 0.2) is 5.85 Å². The van der Waals surface area contributed by atoms with Crippen molar-refractivity contribution in [3.63, 3.8) is 0 Å². The summed E-state index contributed by atoms with van der Waals surface area (Å²) >= 11 is 0. The van der Waals surface area contributed by atoms with E-state index in [-0.39, 0.29) is 37.9 Å². The summed E-state index contributed by atoms with van der Waals surface area (Å²) in [6, 6.07) is 5.79. The maximum absolute atomic E-state index is 13.5. The first-order valence-electron chi connectivity index (χ1n) is 14.9. The molecule has 0 spiro atoms. The van der Waals surface area contributed by atoms with Gasteiger partial charge >= 0.3 is 13.7 Å². The Hall–Kier alpha value is -2.46. The van der Waals surface area contributed by atoms with Gasteiger partial charge in [0, 0.05) is 19.5 Å². The molecule has 1 aromatic rings. The molecular formula is C29H46N3O8P. The molecule has 1 heterocycles. The summed E-state index contributed by atoms with van der Waals surface area (Å²) in [7, 11) is -4.08. The van der Waals surface area contributed by atoms with Crippen LogP contribution in [0.15, 0.2) is 24.3 Å². The molecule has 3 unspecified atom stereocenters. The Kier molecular flexibility index (Phi) is 13.1. The molecule has 1 aliphatic heterocycles. The Morgan fingerprint density at radius 3 is 2.32 bits per heavy atom. The SMILES string of the molecule is CCOP(=O)(OCC)C(O)C(CCC(=O)N1CCCc2ccccc2C1)NC(=O)C(CC1CCCCC1)NC(=O)O. The molecule has 1 aromatic carbocycles. The first-order chi connectivity index (χ1) is 19.7. The molecular weight excluding hydrogens is 549 g/mol. The lowest BCUT2D eigenvalue weighted by Gasteiger charge is -2.32. The van der Waals surface area contributed by atoms with E-state index < -0.39 is 37.5 Å². The first kappa shape index (κ1) is 33.0. The predicted molar refractivity (Wildman–Crippen MR) is 154 cm³/mol. The average molecular weight is 596 g/mol. The molecule has 2 aliphatic rings. The van der Waals surface area contributed by atoms with Gasteiger partial charge in [-0.1, -0.05) is 56.4 Å². The number of amides is 3. The summed E-state index contributed by atoms with van der Waals surface area (Å²) in [5.74, 6) is -2.35. The van der Waals surface area contributed by atoms with Gasteiger partial charge in [0.1, 0.15) is 6.04 Å². The number of carbonyl (C=O) groups is 3. The first-order valence-corrected chi connectivity index (χ1v) is 16.5. The molecule has 41 heavy (non-hydrogen) atoms. The number of aliphatic hydroxyl groups is 1. The number of nitrogens with one attached hydrogen (secondary N) is 2. The number of carbonyl (C=O) groups excluding carboxylic acids is 2. The number of aliphatic hydroxyl groups excluding tert-OH is 1. The van der Waals surface area contributed by atoms with E-state index in [0.29, 0.717) is 19.5 Å². The van der Waals surface area contributed by atoms with Crippen LogP contribution in [-0.4, -0.2) is 70.7 Å². The van der Waals surface area contributed by atoms with E-state index in [1.54, 1.807) is 18.7 Å². The Morgan fingerprint density at radius 2 is 1.68 bits per heavy atom. The van der Waals surface area contributed by atoms with Crippen molar-refractivity contribution in [2.75, 3.05) is 19.8 Å². The maximum atomic E-state index is 13.5. The van der Waals surface area contributed by atoms with Gasteiger partial charge in [-0.2, -0.15) is 0 Å². The van der Waals surface area contributed by atoms with E-state index in [4.69, 9.17) is 9.05 Å². The third kappa shape index (κ3) is 9.81. The maximum Gasteiger partial charge on any atom is 0.405 e. The second-order valence-corrected chi connectivity index (χ2v) is 13.0. The fraction of sp³-hybridized carbons (Fsp3) is 0.690. The van der Waals surface area contributed by atoms with Crippen LogP contribution in [0.2, 0.25) is 0 Å². The molecule has 4 N–H and O–H groups in total. The molecule has 11 nitrogen and oxygen atoms in total. The van der Waals surface area contributed by atoms with Crippen molar-refractivity contribution in [1.82, 2.24) is 15.5 Å². The largest absolute Gasteiger partial charge is 0.465 e. The van der Waals surface area contributed by atoms with Crippen LogP contribution in [0.25, 0.3) is 0 Å². The highest BCUT2D eigenvalue weighted by Crippen LogP contribution is 2.53. The molecule has 3 atom stereocenters. The highest BCUT2D eigenvalue weighted by Gasteiger charge is 2.42.